The Bertz CT molecular complexity index is 1100. The molecule has 0 bridgehead atoms. The Morgan fingerprint density at radius 1 is 1.40 bits per heavy atom. The van der Waals surface area contributed by atoms with E-state index in [1.54, 1.807) is 0 Å². The maximum atomic E-state index is 12.5. The number of nitro groups is 1. The Morgan fingerprint density at radius 2 is 2.00 bits per heavy atom. The normalized spacial score (nSPS) is 12.0. The van der Waals surface area contributed by atoms with Gasteiger partial charge in [-0.15, -0.1) is 4.98 Å². The van der Waals surface area contributed by atoms with Gasteiger partial charge in [-0.3, -0.25) is 14.9 Å². The van der Waals surface area contributed by atoms with E-state index in [9.17, 15) is 36.5 Å². The zero-order valence-corrected chi connectivity index (χ0v) is 12.8. The van der Waals surface area contributed by atoms with Gasteiger partial charge >= 0.3 is 26.9 Å². The monoisotopic (exact) mass is 378 g/mol. The second-order valence-corrected chi connectivity index (χ2v) is 5.97. The molecular weight excluding hydrogens is 373 g/mol. The Labute approximate surface area is 136 Å². The molecule has 2 aromatic heterocycles. The molecule has 14 heteroatoms. The molecule has 0 fully saturated rings. The first-order chi connectivity index (χ1) is 11.4. The van der Waals surface area contributed by atoms with Gasteiger partial charge in [0.05, 0.1) is 10.4 Å². The predicted molar refractivity (Wildman–Crippen MR) is 75.5 cm³/mol. The van der Waals surface area contributed by atoms with Crippen LogP contribution in [-0.4, -0.2) is 28.4 Å². The maximum absolute atomic E-state index is 12.5. The van der Waals surface area contributed by atoms with Crippen LogP contribution in [0.4, 0.5) is 24.7 Å². The van der Waals surface area contributed by atoms with Crippen LogP contribution in [0.5, 0.6) is 5.75 Å². The zero-order chi connectivity index (χ0) is 19.2. The second kappa shape index (κ2) is 5.70. The van der Waals surface area contributed by atoms with Gasteiger partial charge in [0.25, 0.3) is 11.6 Å². The molecule has 0 N–H and O–H groups in total. The molecule has 0 aromatic carbocycles. The number of nitrogens with zero attached hydrogens (tertiary/aromatic N) is 4. The number of halogens is 3. The summed E-state index contributed by atoms with van der Waals surface area (Å²) in [5, 5.41) is 11.1. The lowest BCUT2D eigenvalue weighted by Crippen LogP contribution is -2.30. The molecule has 0 atom stereocenters. The molecule has 0 saturated carbocycles. The molecule has 0 unspecified atom stereocenters. The van der Waals surface area contributed by atoms with Crippen molar-refractivity contribution in [2.45, 2.75) is 5.51 Å². The zero-order valence-electron chi connectivity index (χ0n) is 11.9. The van der Waals surface area contributed by atoms with Gasteiger partial charge in [-0.1, -0.05) is 6.57 Å². The van der Waals surface area contributed by atoms with E-state index in [0.717, 1.165) is 19.2 Å². The number of alkyl halides is 3. The number of hydrogen-bond donors (Lipinski definition) is 0. The maximum Gasteiger partial charge on any atom is 0.534 e. The van der Waals surface area contributed by atoms with Crippen molar-refractivity contribution in [2.75, 3.05) is 0 Å². The Hall–Kier alpha value is -3.21. The summed E-state index contributed by atoms with van der Waals surface area (Å²) in [4.78, 5) is 28.1. The van der Waals surface area contributed by atoms with Gasteiger partial charge in [-0.2, -0.15) is 21.6 Å². The number of hydrogen-bond acceptors (Lipinski definition) is 7. The molecule has 0 aliphatic rings. The third kappa shape index (κ3) is 2.96. The molecule has 0 aliphatic carbocycles. The van der Waals surface area contributed by atoms with Crippen molar-refractivity contribution >= 4 is 32.7 Å². The summed E-state index contributed by atoms with van der Waals surface area (Å²) in [6.45, 7) is 6.82. The minimum Gasteiger partial charge on any atom is -0.364 e. The van der Waals surface area contributed by atoms with E-state index < -0.39 is 48.9 Å². The van der Waals surface area contributed by atoms with E-state index in [0.29, 0.717) is 4.57 Å². The third-order valence-electron chi connectivity index (χ3n) is 2.93. The van der Waals surface area contributed by atoms with Gasteiger partial charge < -0.3 is 13.6 Å². The average Bonchev–Trinajstić information content (AvgIpc) is 2.50. The van der Waals surface area contributed by atoms with Crippen LogP contribution in [0.3, 0.4) is 0 Å². The second-order valence-electron chi connectivity index (χ2n) is 4.43. The fraction of sp³-hybridized carbons (Fsp3) is 0.182. The van der Waals surface area contributed by atoms with Crippen LogP contribution in [0, 0.1) is 16.7 Å². The molecule has 0 aliphatic heterocycles. The molecule has 2 rings (SSSR count). The van der Waals surface area contributed by atoms with Crippen molar-refractivity contribution in [1.29, 1.82) is 0 Å². The standard InChI is InChI=1S/C11H5F3N4O6S/c1-15-6-4-3-5-7(16-6)9(24-25(22,23)11(12,13)14)8(18(20)21)10(19)17(5)2/h3-4H,2H3. The summed E-state index contributed by atoms with van der Waals surface area (Å²) < 4.78 is 64.6. The number of fused-ring (bicyclic) bond motifs is 1. The van der Waals surface area contributed by atoms with Crippen molar-refractivity contribution in [2.24, 2.45) is 7.05 Å². The molecular formula is C11H5F3N4O6S. The largest absolute Gasteiger partial charge is 0.534 e. The van der Waals surface area contributed by atoms with E-state index >= 15 is 0 Å². The van der Waals surface area contributed by atoms with Gasteiger partial charge in [0.1, 0.15) is 0 Å². The van der Waals surface area contributed by atoms with Crippen molar-refractivity contribution in [1.82, 2.24) is 9.55 Å². The van der Waals surface area contributed by atoms with Gasteiger partial charge in [0.15, 0.2) is 0 Å². The van der Waals surface area contributed by atoms with Crippen LogP contribution in [-0.2, 0) is 17.2 Å². The molecule has 0 amide bonds. The Morgan fingerprint density at radius 3 is 2.48 bits per heavy atom. The summed E-state index contributed by atoms with van der Waals surface area (Å²) in [6, 6.07) is 2.15. The third-order valence-corrected chi connectivity index (χ3v) is 3.88. The van der Waals surface area contributed by atoms with E-state index in [1.165, 1.54) is 0 Å². The van der Waals surface area contributed by atoms with E-state index in [1.807, 2.05) is 0 Å². The smallest absolute Gasteiger partial charge is 0.364 e. The number of aromatic nitrogens is 2. The quantitative estimate of drug-likeness (QED) is 0.261. The number of aryl methyl sites for hydroxylation is 1. The first kappa shape index (κ1) is 18.1. The summed E-state index contributed by atoms with van der Waals surface area (Å²) >= 11 is 0. The van der Waals surface area contributed by atoms with Crippen molar-refractivity contribution < 1.29 is 30.7 Å². The summed E-state index contributed by atoms with van der Waals surface area (Å²) in [7, 11) is -5.26. The lowest BCUT2D eigenvalue weighted by molar-refractivity contribution is -0.387. The average molecular weight is 378 g/mol. The fourth-order valence-corrected chi connectivity index (χ4v) is 2.29. The van der Waals surface area contributed by atoms with Gasteiger partial charge in [0.2, 0.25) is 5.52 Å². The van der Waals surface area contributed by atoms with Crippen LogP contribution in [0.15, 0.2) is 16.9 Å². The fourth-order valence-electron chi connectivity index (χ4n) is 1.82. The minimum atomic E-state index is -6.32. The summed E-state index contributed by atoms with van der Waals surface area (Å²) in [5.41, 5.74) is -9.89. The molecule has 0 saturated heterocycles. The van der Waals surface area contributed by atoms with Crippen molar-refractivity contribution in [3.8, 4) is 5.75 Å². The topological polar surface area (TPSA) is 126 Å². The van der Waals surface area contributed by atoms with Crippen LogP contribution in [0.25, 0.3) is 15.9 Å². The Balaban J connectivity index is 3.00. The van der Waals surface area contributed by atoms with Crippen LogP contribution < -0.4 is 9.74 Å². The van der Waals surface area contributed by atoms with Crippen LogP contribution in [0.1, 0.15) is 0 Å². The first-order valence-electron chi connectivity index (χ1n) is 5.97. The molecule has 25 heavy (non-hydrogen) atoms. The van der Waals surface area contributed by atoms with E-state index in [-0.39, 0.29) is 5.52 Å². The summed E-state index contributed by atoms with van der Waals surface area (Å²) in [5.74, 6) is -1.92. The molecule has 2 aromatic rings. The van der Waals surface area contributed by atoms with Crippen molar-refractivity contribution in [3.05, 3.63) is 44.0 Å². The van der Waals surface area contributed by atoms with Gasteiger partial charge in [-0.05, 0) is 12.1 Å². The highest BCUT2D eigenvalue weighted by Gasteiger charge is 2.50. The highest BCUT2D eigenvalue weighted by Crippen LogP contribution is 2.36. The van der Waals surface area contributed by atoms with Gasteiger partial charge in [-0.25, -0.2) is 0 Å². The van der Waals surface area contributed by atoms with Crippen LogP contribution >= 0.6 is 0 Å². The molecule has 2 heterocycles. The highest BCUT2D eigenvalue weighted by molar-refractivity contribution is 7.88. The molecule has 0 radical (unpaired) electrons. The SMILES string of the molecule is [C-]#[N+]c1ccc2c(n1)c(OS(=O)(=O)C(F)(F)F)c([N+](=O)[O-])c(=O)n2C. The predicted octanol–water partition coefficient (Wildman–Crippen LogP) is 1.62. The van der Waals surface area contributed by atoms with Crippen molar-refractivity contribution in [3.63, 3.8) is 0 Å². The van der Waals surface area contributed by atoms with Gasteiger partial charge in [0, 0.05) is 7.05 Å². The number of pyridine rings is 2. The molecule has 132 valence electrons. The number of rotatable bonds is 3. The first-order valence-corrected chi connectivity index (χ1v) is 7.38. The van der Waals surface area contributed by atoms with E-state index in [2.05, 4.69) is 14.0 Å². The summed E-state index contributed by atoms with van der Waals surface area (Å²) in [6.07, 6.45) is 0. The lowest BCUT2D eigenvalue weighted by atomic mass is 10.2. The lowest BCUT2D eigenvalue weighted by Gasteiger charge is -2.11. The van der Waals surface area contributed by atoms with Crippen LogP contribution in [0.2, 0.25) is 0 Å². The Kier molecular flexibility index (Phi) is 4.14. The molecule has 0 spiro atoms. The highest BCUT2D eigenvalue weighted by atomic mass is 32.2. The van der Waals surface area contributed by atoms with E-state index in [4.69, 9.17) is 6.57 Å². The minimum absolute atomic E-state index is 0.268. The molecule has 10 nitrogen and oxygen atoms in total.